The van der Waals surface area contributed by atoms with E-state index in [1.54, 1.807) is 38.1 Å². The molecule has 8 heteroatoms. The molecule has 0 spiro atoms. The van der Waals surface area contributed by atoms with Crippen molar-refractivity contribution in [2.75, 3.05) is 11.9 Å². The first-order valence-corrected chi connectivity index (χ1v) is 9.30. The molecule has 7 nitrogen and oxygen atoms in total. The van der Waals surface area contributed by atoms with Crippen molar-refractivity contribution in [2.45, 2.75) is 20.8 Å². The molecule has 0 radical (unpaired) electrons. The normalized spacial score (nSPS) is 10.7. The number of nitrogens with one attached hydrogen (secondary N) is 1. The van der Waals surface area contributed by atoms with E-state index in [0.717, 1.165) is 11.3 Å². The number of thiophene rings is 1. The standard InChI is InChI=1S/C20H17NO6S/c1-4-26-20(25)15-10(2)16(11(3)22)28-18(15)21-17(23)14-9-12-7-5-6-8-13(12)19(24)27-14/h5-9H,4H2,1-3H3,(H,21,23). The number of anilines is 1. The van der Waals surface area contributed by atoms with Gasteiger partial charge in [0, 0.05) is 0 Å². The summed E-state index contributed by atoms with van der Waals surface area (Å²) in [6, 6.07) is 8.18. The fourth-order valence-corrected chi connectivity index (χ4v) is 3.88. The first-order chi connectivity index (χ1) is 13.3. The van der Waals surface area contributed by atoms with Crippen molar-refractivity contribution >= 4 is 44.8 Å². The van der Waals surface area contributed by atoms with Crippen molar-refractivity contribution in [3.63, 3.8) is 0 Å². The van der Waals surface area contributed by atoms with Gasteiger partial charge < -0.3 is 14.5 Å². The van der Waals surface area contributed by atoms with Gasteiger partial charge in [0.05, 0.1) is 22.4 Å². The summed E-state index contributed by atoms with van der Waals surface area (Å²) in [5, 5.41) is 3.65. The zero-order valence-electron chi connectivity index (χ0n) is 15.5. The van der Waals surface area contributed by atoms with E-state index >= 15 is 0 Å². The maximum absolute atomic E-state index is 12.7. The second kappa shape index (κ2) is 7.77. The van der Waals surface area contributed by atoms with Gasteiger partial charge in [0.15, 0.2) is 11.5 Å². The topological polar surface area (TPSA) is 103 Å². The van der Waals surface area contributed by atoms with E-state index in [1.165, 1.54) is 13.0 Å². The fraction of sp³-hybridized carbons (Fsp3) is 0.200. The Labute approximate surface area is 163 Å². The predicted octanol–water partition coefficient (Wildman–Crippen LogP) is 3.79. The van der Waals surface area contributed by atoms with Crippen LogP contribution in [0.5, 0.6) is 0 Å². The Morgan fingerprint density at radius 2 is 1.93 bits per heavy atom. The number of ether oxygens (including phenoxy) is 1. The highest BCUT2D eigenvalue weighted by atomic mass is 32.1. The third kappa shape index (κ3) is 3.59. The molecule has 0 unspecified atom stereocenters. The molecule has 0 fully saturated rings. The lowest BCUT2D eigenvalue weighted by Crippen LogP contribution is -2.16. The van der Waals surface area contributed by atoms with Crippen LogP contribution in [-0.2, 0) is 4.74 Å². The maximum Gasteiger partial charge on any atom is 0.344 e. The van der Waals surface area contributed by atoms with Crippen molar-refractivity contribution < 1.29 is 23.5 Å². The van der Waals surface area contributed by atoms with Gasteiger partial charge in [-0.3, -0.25) is 9.59 Å². The molecule has 1 amide bonds. The summed E-state index contributed by atoms with van der Waals surface area (Å²) in [7, 11) is 0. The molecular formula is C20H17NO6S. The predicted molar refractivity (Wildman–Crippen MR) is 105 cm³/mol. The molecule has 0 aliphatic carbocycles. The van der Waals surface area contributed by atoms with E-state index in [-0.39, 0.29) is 28.7 Å². The Hall–Kier alpha value is -3.26. The molecular weight excluding hydrogens is 382 g/mol. The van der Waals surface area contributed by atoms with Gasteiger partial charge in [0.2, 0.25) is 0 Å². The van der Waals surface area contributed by atoms with Crippen LogP contribution in [0.4, 0.5) is 5.00 Å². The van der Waals surface area contributed by atoms with Crippen LogP contribution in [0.1, 0.15) is 50.0 Å². The maximum atomic E-state index is 12.7. The molecule has 3 aromatic rings. The number of hydrogen-bond donors (Lipinski definition) is 1. The van der Waals surface area contributed by atoms with Crippen molar-refractivity contribution in [3.05, 3.63) is 62.5 Å². The van der Waals surface area contributed by atoms with Crippen molar-refractivity contribution in [1.82, 2.24) is 0 Å². The number of amides is 1. The first-order valence-electron chi connectivity index (χ1n) is 8.49. The molecule has 2 aromatic heterocycles. The van der Waals surface area contributed by atoms with Crippen LogP contribution in [-0.4, -0.2) is 24.3 Å². The lowest BCUT2D eigenvalue weighted by Gasteiger charge is -2.07. The second-order valence-electron chi connectivity index (χ2n) is 5.98. The largest absolute Gasteiger partial charge is 0.462 e. The second-order valence-corrected chi connectivity index (χ2v) is 7.00. The third-order valence-electron chi connectivity index (χ3n) is 4.07. The van der Waals surface area contributed by atoms with Crippen LogP contribution in [0.3, 0.4) is 0 Å². The van der Waals surface area contributed by atoms with E-state index in [1.807, 2.05) is 0 Å². The quantitative estimate of drug-likeness (QED) is 0.517. The highest BCUT2D eigenvalue weighted by Gasteiger charge is 2.26. The molecule has 1 N–H and O–H groups in total. The average Bonchev–Trinajstić information content (AvgIpc) is 2.98. The van der Waals surface area contributed by atoms with E-state index in [4.69, 9.17) is 9.15 Å². The van der Waals surface area contributed by atoms with Crippen LogP contribution in [0, 0.1) is 6.92 Å². The van der Waals surface area contributed by atoms with Gasteiger partial charge in [0.25, 0.3) is 5.91 Å². The van der Waals surface area contributed by atoms with Gasteiger partial charge in [-0.1, -0.05) is 18.2 Å². The van der Waals surface area contributed by atoms with Crippen LogP contribution >= 0.6 is 11.3 Å². The molecule has 0 atom stereocenters. The summed E-state index contributed by atoms with van der Waals surface area (Å²) in [6.07, 6.45) is 0. The Balaban J connectivity index is 2.02. The number of esters is 1. The molecule has 0 saturated heterocycles. The molecule has 3 rings (SSSR count). The number of benzene rings is 1. The van der Waals surface area contributed by atoms with Gasteiger partial charge in [-0.15, -0.1) is 11.3 Å². The van der Waals surface area contributed by atoms with Crippen molar-refractivity contribution in [3.8, 4) is 0 Å². The highest BCUT2D eigenvalue weighted by Crippen LogP contribution is 2.34. The zero-order chi connectivity index (χ0) is 20.4. The number of hydrogen-bond acceptors (Lipinski definition) is 7. The Morgan fingerprint density at radius 3 is 2.61 bits per heavy atom. The monoisotopic (exact) mass is 399 g/mol. The molecule has 0 bridgehead atoms. The highest BCUT2D eigenvalue weighted by molar-refractivity contribution is 7.18. The van der Waals surface area contributed by atoms with E-state index < -0.39 is 17.5 Å². The molecule has 144 valence electrons. The summed E-state index contributed by atoms with van der Waals surface area (Å²) in [5.74, 6) is -1.77. The van der Waals surface area contributed by atoms with E-state index in [0.29, 0.717) is 21.2 Å². The number of carbonyl (C=O) groups excluding carboxylic acids is 3. The van der Waals surface area contributed by atoms with Gasteiger partial charge >= 0.3 is 11.6 Å². The molecule has 1 aromatic carbocycles. The van der Waals surface area contributed by atoms with Gasteiger partial charge in [0.1, 0.15) is 5.00 Å². The number of ketones is 1. The lowest BCUT2D eigenvalue weighted by molar-refractivity contribution is 0.0527. The van der Waals surface area contributed by atoms with Crippen molar-refractivity contribution in [2.24, 2.45) is 0 Å². The molecule has 0 saturated carbocycles. The smallest absolute Gasteiger partial charge is 0.344 e. The number of Topliss-reactive ketones (excluding diaryl/α,β-unsaturated/α-hetero) is 1. The average molecular weight is 399 g/mol. The third-order valence-corrected chi connectivity index (χ3v) is 5.37. The Bertz CT molecular complexity index is 1160. The number of carbonyl (C=O) groups is 3. The van der Waals surface area contributed by atoms with Gasteiger partial charge in [-0.25, -0.2) is 9.59 Å². The SMILES string of the molecule is CCOC(=O)c1c(NC(=O)c2cc3ccccc3c(=O)o2)sc(C(C)=O)c1C. The summed E-state index contributed by atoms with van der Waals surface area (Å²) in [6.45, 7) is 4.80. The van der Waals surface area contributed by atoms with Gasteiger partial charge in [-0.2, -0.15) is 0 Å². The minimum atomic E-state index is -0.704. The molecule has 0 aliphatic rings. The lowest BCUT2D eigenvalue weighted by atomic mass is 10.1. The Morgan fingerprint density at radius 1 is 1.21 bits per heavy atom. The van der Waals surface area contributed by atoms with Crippen LogP contribution in [0.2, 0.25) is 0 Å². The molecule has 0 aliphatic heterocycles. The van der Waals surface area contributed by atoms with Gasteiger partial charge in [-0.05, 0) is 43.9 Å². The number of fused-ring (bicyclic) bond motifs is 1. The number of rotatable bonds is 5. The minimum absolute atomic E-state index is 0.119. The minimum Gasteiger partial charge on any atom is -0.462 e. The fourth-order valence-electron chi connectivity index (χ4n) is 2.80. The zero-order valence-corrected chi connectivity index (χ0v) is 16.3. The van der Waals surface area contributed by atoms with Crippen LogP contribution in [0.25, 0.3) is 10.8 Å². The molecule has 2 heterocycles. The summed E-state index contributed by atoms with van der Waals surface area (Å²) < 4.78 is 10.1. The Kier molecular flexibility index (Phi) is 5.41. The summed E-state index contributed by atoms with van der Waals surface area (Å²) in [4.78, 5) is 49.3. The first kappa shape index (κ1) is 19.5. The van der Waals surface area contributed by atoms with Crippen LogP contribution in [0.15, 0.2) is 39.5 Å². The van der Waals surface area contributed by atoms with Crippen molar-refractivity contribution in [1.29, 1.82) is 0 Å². The summed E-state index contributed by atoms with van der Waals surface area (Å²) >= 11 is 0.977. The van der Waals surface area contributed by atoms with E-state index in [9.17, 15) is 19.2 Å². The van der Waals surface area contributed by atoms with E-state index in [2.05, 4.69) is 5.32 Å². The van der Waals surface area contributed by atoms with Crippen LogP contribution < -0.4 is 10.9 Å². The molecule has 28 heavy (non-hydrogen) atoms. The summed E-state index contributed by atoms with van der Waals surface area (Å²) in [5.41, 5.74) is -0.0830.